The summed E-state index contributed by atoms with van der Waals surface area (Å²) >= 11 is 3.32. The third-order valence-electron chi connectivity index (χ3n) is 4.84. The van der Waals surface area contributed by atoms with Crippen LogP contribution in [0, 0.1) is 5.92 Å². The van der Waals surface area contributed by atoms with Crippen molar-refractivity contribution in [1.82, 2.24) is 15.3 Å². The normalized spacial score (nSPS) is 17.2. The molecule has 1 atom stereocenters. The molecule has 3 heterocycles. The molecule has 4 rings (SSSR count). The number of amides is 1. The summed E-state index contributed by atoms with van der Waals surface area (Å²) in [5.41, 5.74) is 2.06. The van der Waals surface area contributed by atoms with E-state index in [1.807, 2.05) is 12.1 Å². The second-order valence-electron chi connectivity index (χ2n) is 6.68. The van der Waals surface area contributed by atoms with E-state index in [2.05, 4.69) is 50.7 Å². The molecule has 1 aromatic carbocycles. The molecular weight excluding hydrogens is 376 g/mol. The van der Waals surface area contributed by atoms with Gasteiger partial charge in [0.25, 0.3) is 0 Å². The van der Waals surface area contributed by atoms with E-state index in [4.69, 9.17) is 0 Å². The van der Waals surface area contributed by atoms with Crippen LogP contribution in [-0.4, -0.2) is 35.2 Å². The molecule has 0 saturated carbocycles. The molecular formula is C20H22N4OS2. The Hall–Kier alpha value is -2.12. The second-order valence-corrected chi connectivity index (χ2v) is 8.51. The lowest BCUT2D eigenvalue weighted by Crippen LogP contribution is -2.42. The van der Waals surface area contributed by atoms with E-state index < -0.39 is 0 Å². The van der Waals surface area contributed by atoms with Gasteiger partial charge in [0.05, 0.1) is 5.92 Å². The van der Waals surface area contributed by atoms with Crippen LogP contribution in [0.15, 0.2) is 47.5 Å². The second kappa shape index (κ2) is 8.27. The summed E-state index contributed by atoms with van der Waals surface area (Å²) in [6.07, 6.45) is 5.79. The number of fused-ring (bicyclic) bond motifs is 1. The first-order valence-electron chi connectivity index (χ1n) is 9.10. The van der Waals surface area contributed by atoms with Gasteiger partial charge in [-0.2, -0.15) is 0 Å². The maximum absolute atomic E-state index is 12.7. The lowest BCUT2D eigenvalue weighted by molar-refractivity contribution is -0.125. The number of nitrogens with one attached hydrogen (secondary N) is 1. The molecule has 5 nitrogen and oxygen atoms in total. The van der Waals surface area contributed by atoms with E-state index in [9.17, 15) is 4.79 Å². The zero-order chi connectivity index (χ0) is 18.6. The van der Waals surface area contributed by atoms with E-state index >= 15 is 0 Å². The Morgan fingerprint density at radius 3 is 2.96 bits per heavy atom. The van der Waals surface area contributed by atoms with E-state index in [-0.39, 0.29) is 11.8 Å². The van der Waals surface area contributed by atoms with Crippen molar-refractivity contribution in [2.45, 2.75) is 24.3 Å². The predicted molar refractivity (Wildman–Crippen MR) is 112 cm³/mol. The van der Waals surface area contributed by atoms with E-state index in [1.54, 1.807) is 29.3 Å². The van der Waals surface area contributed by atoms with Gasteiger partial charge in [-0.15, -0.1) is 11.8 Å². The standard InChI is InChI=1S/C20H22N4OS2/c1-26-16-8-6-14(7-9-16)12-22-18(25)15-4-3-11-24(13-15)20-23-17-5-2-10-21-19(17)27-20/h2,5-10,15H,3-4,11-13H2,1H3,(H,22,25). The van der Waals surface area contributed by atoms with E-state index in [0.29, 0.717) is 6.54 Å². The molecule has 140 valence electrons. The van der Waals surface area contributed by atoms with Gasteiger partial charge in [-0.25, -0.2) is 9.97 Å². The smallest absolute Gasteiger partial charge is 0.225 e. The molecule has 0 aliphatic carbocycles. The summed E-state index contributed by atoms with van der Waals surface area (Å²) in [5.74, 6) is 0.136. The quantitative estimate of drug-likeness (QED) is 0.660. The third kappa shape index (κ3) is 4.25. The summed E-state index contributed by atoms with van der Waals surface area (Å²) in [4.78, 5) is 26.2. The van der Waals surface area contributed by atoms with Crippen LogP contribution >= 0.6 is 23.1 Å². The Morgan fingerprint density at radius 1 is 1.33 bits per heavy atom. The average molecular weight is 399 g/mol. The molecule has 1 amide bonds. The number of carbonyl (C=O) groups excluding carboxylic acids is 1. The number of hydrogen-bond donors (Lipinski definition) is 1. The van der Waals surface area contributed by atoms with Gasteiger partial charge in [0, 0.05) is 30.7 Å². The largest absolute Gasteiger partial charge is 0.352 e. The van der Waals surface area contributed by atoms with Gasteiger partial charge < -0.3 is 10.2 Å². The average Bonchev–Trinajstić information content (AvgIpc) is 3.17. The number of thiazole rings is 1. The number of thioether (sulfide) groups is 1. The number of benzene rings is 1. The van der Waals surface area contributed by atoms with Gasteiger partial charge in [0.2, 0.25) is 5.91 Å². The summed E-state index contributed by atoms with van der Waals surface area (Å²) < 4.78 is 0. The van der Waals surface area contributed by atoms with Crippen molar-refractivity contribution >= 4 is 44.5 Å². The van der Waals surface area contributed by atoms with Crippen LogP contribution in [0.4, 0.5) is 5.13 Å². The topological polar surface area (TPSA) is 58.1 Å². The van der Waals surface area contributed by atoms with Gasteiger partial charge in [-0.1, -0.05) is 23.5 Å². The van der Waals surface area contributed by atoms with Crippen LogP contribution in [-0.2, 0) is 11.3 Å². The molecule has 1 N–H and O–H groups in total. The van der Waals surface area contributed by atoms with Crippen LogP contribution in [0.2, 0.25) is 0 Å². The Bertz CT molecular complexity index is 892. The number of rotatable bonds is 5. The first kappa shape index (κ1) is 18.3. The van der Waals surface area contributed by atoms with Crippen LogP contribution in [0.1, 0.15) is 18.4 Å². The van der Waals surface area contributed by atoms with Crippen LogP contribution in [0.3, 0.4) is 0 Å². The zero-order valence-electron chi connectivity index (χ0n) is 15.2. The number of pyridine rings is 1. The molecule has 0 radical (unpaired) electrons. The molecule has 1 aliphatic rings. The number of hydrogen-bond acceptors (Lipinski definition) is 6. The number of anilines is 1. The first-order chi connectivity index (χ1) is 13.2. The van der Waals surface area contributed by atoms with Crippen molar-refractivity contribution in [2.75, 3.05) is 24.2 Å². The van der Waals surface area contributed by atoms with Gasteiger partial charge >= 0.3 is 0 Å². The highest BCUT2D eigenvalue weighted by Crippen LogP contribution is 2.30. The van der Waals surface area contributed by atoms with Crippen LogP contribution < -0.4 is 10.2 Å². The first-order valence-corrected chi connectivity index (χ1v) is 11.1. The Kier molecular flexibility index (Phi) is 5.59. The fourth-order valence-corrected chi connectivity index (χ4v) is 4.69. The van der Waals surface area contributed by atoms with Crippen molar-refractivity contribution < 1.29 is 4.79 Å². The molecule has 0 bridgehead atoms. The Balaban J connectivity index is 1.37. The van der Waals surface area contributed by atoms with E-state index in [0.717, 1.165) is 47.0 Å². The Labute approximate surface area is 167 Å². The highest BCUT2D eigenvalue weighted by atomic mass is 32.2. The van der Waals surface area contributed by atoms with Crippen molar-refractivity contribution in [2.24, 2.45) is 5.92 Å². The minimum absolute atomic E-state index is 0.00388. The number of piperidine rings is 1. The maximum Gasteiger partial charge on any atom is 0.225 e. The zero-order valence-corrected chi connectivity index (χ0v) is 16.9. The fourth-order valence-electron chi connectivity index (χ4n) is 3.34. The highest BCUT2D eigenvalue weighted by Gasteiger charge is 2.27. The SMILES string of the molecule is CSc1ccc(CNC(=O)C2CCCN(c3nc4cccnc4s3)C2)cc1. The maximum atomic E-state index is 12.7. The molecule has 0 spiro atoms. The third-order valence-corrected chi connectivity index (χ3v) is 6.63. The number of nitrogens with zero attached hydrogens (tertiary/aromatic N) is 3. The molecule has 1 unspecified atom stereocenters. The number of aromatic nitrogens is 2. The van der Waals surface area contributed by atoms with Gasteiger partial charge in [-0.05, 0) is 48.9 Å². The van der Waals surface area contributed by atoms with Gasteiger partial charge in [0.15, 0.2) is 5.13 Å². The highest BCUT2D eigenvalue weighted by molar-refractivity contribution is 7.98. The molecule has 1 fully saturated rings. The van der Waals surface area contributed by atoms with Gasteiger partial charge in [0.1, 0.15) is 10.3 Å². The van der Waals surface area contributed by atoms with Crippen LogP contribution in [0.25, 0.3) is 10.3 Å². The molecule has 1 aliphatic heterocycles. The van der Waals surface area contributed by atoms with E-state index in [1.165, 1.54) is 4.90 Å². The van der Waals surface area contributed by atoms with Crippen molar-refractivity contribution in [3.63, 3.8) is 0 Å². The summed E-state index contributed by atoms with van der Waals surface area (Å²) in [5, 5.41) is 4.07. The minimum Gasteiger partial charge on any atom is -0.352 e. The molecule has 3 aromatic rings. The van der Waals surface area contributed by atoms with Gasteiger partial charge in [-0.3, -0.25) is 4.79 Å². The van der Waals surface area contributed by atoms with Crippen molar-refractivity contribution in [3.8, 4) is 0 Å². The molecule has 1 saturated heterocycles. The van der Waals surface area contributed by atoms with Crippen molar-refractivity contribution in [1.29, 1.82) is 0 Å². The molecule has 27 heavy (non-hydrogen) atoms. The van der Waals surface area contributed by atoms with Crippen LogP contribution in [0.5, 0.6) is 0 Å². The number of carbonyl (C=O) groups is 1. The molecule has 7 heteroatoms. The summed E-state index contributed by atoms with van der Waals surface area (Å²) in [6.45, 7) is 2.24. The molecule has 2 aromatic heterocycles. The minimum atomic E-state index is 0.00388. The lowest BCUT2D eigenvalue weighted by atomic mass is 9.97. The fraction of sp³-hybridized carbons (Fsp3) is 0.350. The predicted octanol–water partition coefficient (Wildman–Crippen LogP) is 3.95. The monoisotopic (exact) mass is 398 g/mol. The lowest BCUT2D eigenvalue weighted by Gasteiger charge is -2.31. The summed E-state index contributed by atoms with van der Waals surface area (Å²) in [7, 11) is 0. The summed E-state index contributed by atoms with van der Waals surface area (Å²) in [6, 6.07) is 12.2. The van der Waals surface area contributed by atoms with Crippen molar-refractivity contribution in [3.05, 3.63) is 48.2 Å². The Morgan fingerprint density at radius 2 is 2.19 bits per heavy atom.